The third-order valence-electron chi connectivity index (χ3n) is 1.45. The van der Waals surface area contributed by atoms with Gasteiger partial charge in [-0.2, -0.15) is 0 Å². The highest BCUT2D eigenvalue weighted by Gasteiger charge is 2.01. The van der Waals surface area contributed by atoms with Gasteiger partial charge < -0.3 is 10.4 Å². The Morgan fingerprint density at radius 3 is 2.85 bits per heavy atom. The van der Waals surface area contributed by atoms with Crippen molar-refractivity contribution in [2.45, 2.75) is 6.54 Å². The van der Waals surface area contributed by atoms with Gasteiger partial charge >= 0.3 is 6.09 Å². The zero-order chi connectivity index (χ0) is 9.84. The number of carboxylic acid groups (broad SMARTS) is 1. The number of nitrogens with one attached hydrogen (secondary N) is 1. The van der Waals surface area contributed by atoms with Gasteiger partial charge in [0.05, 0.1) is 0 Å². The predicted octanol–water partition coefficient (Wildman–Crippen LogP) is 2.87. The maximum absolute atomic E-state index is 10.2. The van der Waals surface area contributed by atoms with Crippen molar-refractivity contribution in [3.05, 3.63) is 33.3 Å². The summed E-state index contributed by atoms with van der Waals surface area (Å²) in [6.07, 6.45) is -1.06. The van der Waals surface area contributed by atoms with E-state index in [1.165, 1.54) is 0 Å². The van der Waals surface area contributed by atoms with Crippen LogP contribution in [0.4, 0.5) is 4.79 Å². The molecule has 0 saturated heterocycles. The molecule has 0 aliphatic heterocycles. The number of benzene rings is 1. The van der Waals surface area contributed by atoms with E-state index < -0.39 is 6.09 Å². The molecule has 1 rings (SSSR count). The first-order valence-corrected chi connectivity index (χ1v) is 4.67. The molecule has 5 heteroatoms. The molecular weight excluding hydrogens is 257 g/mol. The average Bonchev–Trinajstić information content (AvgIpc) is 2.02. The van der Waals surface area contributed by atoms with Gasteiger partial charge in [-0.15, -0.1) is 0 Å². The molecule has 3 nitrogen and oxygen atoms in total. The van der Waals surface area contributed by atoms with E-state index >= 15 is 0 Å². The summed E-state index contributed by atoms with van der Waals surface area (Å²) >= 11 is 9.11. The molecule has 0 radical (unpaired) electrons. The molecule has 0 saturated carbocycles. The van der Waals surface area contributed by atoms with Crippen LogP contribution in [0.1, 0.15) is 5.56 Å². The molecule has 2 N–H and O–H groups in total. The normalized spacial score (nSPS) is 9.69. The van der Waals surface area contributed by atoms with Gasteiger partial charge in [-0.05, 0) is 17.7 Å². The fourth-order valence-electron chi connectivity index (χ4n) is 0.836. The number of hydrogen-bond donors (Lipinski definition) is 2. The highest BCUT2D eigenvalue weighted by molar-refractivity contribution is 9.10. The summed E-state index contributed by atoms with van der Waals surface area (Å²) in [6.45, 7) is 0.224. The molecular formula is C8H7BrClNO2. The van der Waals surface area contributed by atoms with Crippen LogP contribution < -0.4 is 5.32 Å². The molecule has 1 aromatic rings. The summed E-state index contributed by atoms with van der Waals surface area (Å²) in [4.78, 5) is 10.2. The van der Waals surface area contributed by atoms with Gasteiger partial charge in [0.25, 0.3) is 0 Å². The Morgan fingerprint density at radius 2 is 2.31 bits per heavy atom. The summed E-state index contributed by atoms with van der Waals surface area (Å²) in [5.41, 5.74) is 0.757. The Morgan fingerprint density at radius 1 is 1.62 bits per heavy atom. The van der Waals surface area contributed by atoms with Gasteiger partial charge in [0, 0.05) is 16.0 Å². The lowest BCUT2D eigenvalue weighted by Gasteiger charge is -2.03. The fourth-order valence-corrected chi connectivity index (χ4v) is 1.58. The van der Waals surface area contributed by atoms with Crippen LogP contribution >= 0.6 is 27.5 Å². The Balaban J connectivity index is 2.72. The van der Waals surface area contributed by atoms with Crippen LogP contribution in [-0.2, 0) is 6.54 Å². The van der Waals surface area contributed by atoms with E-state index in [-0.39, 0.29) is 6.54 Å². The summed E-state index contributed by atoms with van der Waals surface area (Å²) in [7, 11) is 0. The van der Waals surface area contributed by atoms with E-state index in [2.05, 4.69) is 21.2 Å². The third-order valence-corrected chi connectivity index (χ3v) is 2.29. The number of amides is 1. The van der Waals surface area contributed by atoms with E-state index in [0.717, 1.165) is 10.0 Å². The number of carbonyl (C=O) groups is 1. The van der Waals surface area contributed by atoms with Gasteiger partial charge in [0.15, 0.2) is 0 Å². The second kappa shape index (κ2) is 4.48. The van der Waals surface area contributed by atoms with Crippen LogP contribution in [0.2, 0.25) is 5.02 Å². The Hall–Kier alpha value is -0.740. The second-order valence-corrected chi connectivity index (χ2v) is 3.72. The minimum absolute atomic E-state index is 0.224. The van der Waals surface area contributed by atoms with Crippen LogP contribution in [-0.4, -0.2) is 11.2 Å². The van der Waals surface area contributed by atoms with Crippen molar-refractivity contribution in [2.75, 3.05) is 0 Å². The van der Waals surface area contributed by atoms with Crippen molar-refractivity contribution < 1.29 is 9.90 Å². The first-order valence-electron chi connectivity index (χ1n) is 3.50. The quantitative estimate of drug-likeness (QED) is 0.863. The lowest BCUT2D eigenvalue weighted by molar-refractivity contribution is 0.194. The Kier molecular flexibility index (Phi) is 3.57. The van der Waals surface area contributed by atoms with Gasteiger partial charge in [0.2, 0.25) is 0 Å². The smallest absolute Gasteiger partial charge is 0.404 e. The monoisotopic (exact) mass is 263 g/mol. The summed E-state index contributed by atoms with van der Waals surface area (Å²) < 4.78 is 0.872. The molecule has 0 bridgehead atoms. The first-order chi connectivity index (χ1) is 6.09. The molecule has 0 spiro atoms. The lowest BCUT2D eigenvalue weighted by Crippen LogP contribution is -2.20. The largest absolute Gasteiger partial charge is 0.465 e. The maximum atomic E-state index is 10.2. The Labute approximate surface area is 88.8 Å². The molecule has 1 amide bonds. The van der Waals surface area contributed by atoms with Gasteiger partial charge in [0.1, 0.15) is 0 Å². The van der Waals surface area contributed by atoms with E-state index in [1.807, 2.05) is 6.07 Å². The summed E-state index contributed by atoms with van der Waals surface area (Å²) in [5, 5.41) is 11.1. The molecule has 0 atom stereocenters. The topological polar surface area (TPSA) is 49.3 Å². The summed E-state index contributed by atoms with van der Waals surface area (Å²) in [6, 6.07) is 5.30. The van der Waals surface area contributed by atoms with Gasteiger partial charge in [-0.3, -0.25) is 0 Å². The zero-order valence-corrected chi connectivity index (χ0v) is 8.89. The number of hydrogen-bond acceptors (Lipinski definition) is 1. The van der Waals surface area contributed by atoms with Crippen molar-refractivity contribution in [3.8, 4) is 0 Å². The fraction of sp³-hybridized carbons (Fsp3) is 0.125. The molecule has 13 heavy (non-hydrogen) atoms. The second-order valence-electron chi connectivity index (χ2n) is 2.39. The van der Waals surface area contributed by atoms with E-state index in [1.54, 1.807) is 12.1 Å². The number of rotatable bonds is 2. The maximum Gasteiger partial charge on any atom is 0.404 e. The van der Waals surface area contributed by atoms with Gasteiger partial charge in [-0.1, -0.05) is 33.6 Å². The molecule has 1 aromatic carbocycles. The SMILES string of the molecule is O=C(O)NCc1ccc(Br)cc1Cl. The molecule has 0 heterocycles. The van der Waals surface area contributed by atoms with Crippen LogP contribution in [0, 0.1) is 0 Å². The molecule has 0 aliphatic rings. The Bertz CT molecular complexity index is 330. The molecule has 0 unspecified atom stereocenters. The van der Waals surface area contributed by atoms with E-state index in [0.29, 0.717) is 5.02 Å². The van der Waals surface area contributed by atoms with Crippen molar-refractivity contribution in [2.24, 2.45) is 0 Å². The predicted molar refractivity (Wildman–Crippen MR) is 54.0 cm³/mol. The van der Waals surface area contributed by atoms with Crippen molar-refractivity contribution in [1.29, 1.82) is 0 Å². The standard InChI is InChI=1S/C8H7BrClNO2/c9-6-2-1-5(7(10)3-6)4-11-8(12)13/h1-3,11H,4H2,(H,12,13). The highest BCUT2D eigenvalue weighted by Crippen LogP contribution is 2.20. The van der Waals surface area contributed by atoms with Crippen LogP contribution in [0.5, 0.6) is 0 Å². The highest BCUT2D eigenvalue weighted by atomic mass is 79.9. The van der Waals surface area contributed by atoms with Crippen LogP contribution in [0.3, 0.4) is 0 Å². The average molecular weight is 265 g/mol. The van der Waals surface area contributed by atoms with Crippen molar-refractivity contribution >= 4 is 33.6 Å². The van der Waals surface area contributed by atoms with Gasteiger partial charge in [-0.25, -0.2) is 4.79 Å². The first kappa shape index (κ1) is 10.3. The van der Waals surface area contributed by atoms with Crippen molar-refractivity contribution in [1.82, 2.24) is 5.32 Å². The molecule has 0 fully saturated rings. The van der Waals surface area contributed by atoms with E-state index in [9.17, 15) is 4.79 Å². The molecule has 0 aliphatic carbocycles. The van der Waals surface area contributed by atoms with Crippen LogP contribution in [0.25, 0.3) is 0 Å². The molecule has 0 aromatic heterocycles. The van der Waals surface area contributed by atoms with Crippen molar-refractivity contribution in [3.63, 3.8) is 0 Å². The van der Waals surface area contributed by atoms with E-state index in [4.69, 9.17) is 16.7 Å². The molecule has 70 valence electrons. The zero-order valence-electron chi connectivity index (χ0n) is 6.55. The number of halogens is 2. The lowest BCUT2D eigenvalue weighted by atomic mass is 10.2. The summed E-state index contributed by atoms with van der Waals surface area (Å²) in [5.74, 6) is 0. The van der Waals surface area contributed by atoms with Crippen LogP contribution in [0.15, 0.2) is 22.7 Å². The third kappa shape index (κ3) is 3.24. The minimum atomic E-state index is -1.06. The minimum Gasteiger partial charge on any atom is -0.465 e.